The number of aliphatic hydroxyl groups excluding tert-OH is 1. The number of hydrogen-bond donors (Lipinski definition) is 1. The highest BCUT2D eigenvalue weighted by Crippen LogP contribution is 2.24. The third-order valence-electron chi connectivity index (χ3n) is 3.32. The summed E-state index contributed by atoms with van der Waals surface area (Å²) in [5, 5.41) is 8.77. The van der Waals surface area contributed by atoms with Gasteiger partial charge in [0.15, 0.2) is 0 Å². The summed E-state index contributed by atoms with van der Waals surface area (Å²) in [6.45, 7) is 10.1. The molecule has 0 atom stereocenters. The second kappa shape index (κ2) is 9.03. The fourth-order valence-electron chi connectivity index (χ4n) is 1.87. The Morgan fingerprint density at radius 3 is 2.24 bits per heavy atom. The molecule has 1 aromatic rings. The summed E-state index contributed by atoms with van der Waals surface area (Å²) < 4.78 is 11.2. The molecule has 0 aliphatic rings. The molecule has 0 heterocycles. The van der Waals surface area contributed by atoms with Gasteiger partial charge >= 0.3 is 0 Å². The van der Waals surface area contributed by atoms with Gasteiger partial charge in [-0.15, -0.1) is 0 Å². The summed E-state index contributed by atoms with van der Waals surface area (Å²) in [5.41, 5.74) is 1.47. The Kier molecular flexibility index (Phi) is 7.72. The maximum atomic E-state index is 8.77. The van der Waals surface area contributed by atoms with E-state index in [-0.39, 0.29) is 12.0 Å². The average molecular weight is 295 g/mol. The third kappa shape index (κ3) is 7.46. The molecule has 0 aliphatic heterocycles. The molecule has 0 saturated heterocycles. The second-order valence-electron chi connectivity index (χ2n) is 6.26. The molecule has 21 heavy (non-hydrogen) atoms. The minimum absolute atomic E-state index is 0.169. The first kappa shape index (κ1) is 18.0. The van der Waals surface area contributed by atoms with E-state index >= 15 is 0 Å². The van der Waals surface area contributed by atoms with Crippen molar-refractivity contribution < 1.29 is 14.6 Å². The number of rotatable bonds is 9. The number of benzene rings is 1. The summed E-state index contributed by atoms with van der Waals surface area (Å²) in [5.74, 6) is 0.879. The SMILES string of the molecule is CN(CCO)CCOCCOc1ccc(C(C)(C)C)cc1. The molecule has 0 aliphatic carbocycles. The van der Waals surface area contributed by atoms with Crippen LogP contribution in [0.15, 0.2) is 24.3 Å². The highest BCUT2D eigenvalue weighted by Gasteiger charge is 2.12. The zero-order valence-electron chi connectivity index (χ0n) is 13.8. The van der Waals surface area contributed by atoms with Gasteiger partial charge in [-0.25, -0.2) is 0 Å². The van der Waals surface area contributed by atoms with Crippen molar-refractivity contribution >= 4 is 0 Å². The normalized spacial score (nSPS) is 11.9. The first-order chi connectivity index (χ1) is 9.93. The van der Waals surface area contributed by atoms with Crippen LogP contribution >= 0.6 is 0 Å². The van der Waals surface area contributed by atoms with Gasteiger partial charge in [0, 0.05) is 13.1 Å². The molecular formula is C17H29NO3. The monoisotopic (exact) mass is 295 g/mol. The number of nitrogens with zero attached hydrogens (tertiary/aromatic N) is 1. The Hall–Kier alpha value is -1.10. The molecular weight excluding hydrogens is 266 g/mol. The molecule has 0 amide bonds. The van der Waals surface area contributed by atoms with Crippen molar-refractivity contribution in [2.45, 2.75) is 26.2 Å². The zero-order valence-corrected chi connectivity index (χ0v) is 13.8. The molecule has 1 rings (SSSR count). The van der Waals surface area contributed by atoms with E-state index in [1.165, 1.54) is 5.56 Å². The lowest BCUT2D eigenvalue weighted by molar-refractivity contribution is 0.0813. The largest absolute Gasteiger partial charge is 0.491 e. The summed E-state index contributed by atoms with van der Waals surface area (Å²) in [4.78, 5) is 2.03. The molecule has 0 radical (unpaired) electrons. The highest BCUT2D eigenvalue weighted by atomic mass is 16.5. The molecule has 4 heteroatoms. The van der Waals surface area contributed by atoms with Crippen molar-refractivity contribution in [3.63, 3.8) is 0 Å². The van der Waals surface area contributed by atoms with Gasteiger partial charge in [0.25, 0.3) is 0 Å². The van der Waals surface area contributed by atoms with Crippen molar-refractivity contribution in [2.75, 3.05) is 46.6 Å². The lowest BCUT2D eigenvalue weighted by atomic mass is 9.87. The van der Waals surface area contributed by atoms with Crippen LogP contribution in [0.4, 0.5) is 0 Å². The van der Waals surface area contributed by atoms with Gasteiger partial charge in [-0.1, -0.05) is 32.9 Å². The van der Waals surface area contributed by atoms with Crippen molar-refractivity contribution in [3.8, 4) is 5.75 Å². The van der Waals surface area contributed by atoms with E-state index in [0.717, 1.165) is 12.3 Å². The van der Waals surface area contributed by atoms with E-state index in [0.29, 0.717) is 26.4 Å². The van der Waals surface area contributed by atoms with Crippen LogP contribution in [0.5, 0.6) is 5.75 Å². The van der Waals surface area contributed by atoms with Gasteiger partial charge in [-0.05, 0) is 30.2 Å². The van der Waals surface area contributed by atoms with Crippen molar-refractivity contribution in [2.24, 2.45) is 0 Å². The predicted molar refractivity (Wildman–Crippen MR) is 86.0 cm³/mol. The molecule has 1 N–H and O–H groups in total. The van der Waals surface area contributed by atoms with Crippen LogP contribution < -0.4 is 4.74 Å². The molecule has 4 nitrogen and oxygen atoms in total. The minimum Gasteiger partial charge on any atom is -0.491 e. The van der Waals surface area contributed by atoms with Gasteiger partial charge in [-0.2, -0.15) is 0 Å². The quantitative estimate of drug-likeness (QED) is 0.710. The van der Waals surface area contributed by atoms with Crippen LogP contribution in [-0.2, 0) is 10.2 Å². The van der Waals surface area contributed by atoms with Crippen molar-refractivity contribution in [3.05, 3.63) is 29.8 Å². The Bertz CT molecular complexity index is 384. The van der Waals surface area contributed by atoms with Crippen molar-refractivity contribution in [1.82, 2.24) is 4.90 Å². The summed E-state index contributed by atoms with van der Waals surface area (Å²) in [6.07, 6.45) is 0. The van der Waals surface area contributed by atoms with E-state index in [1.54, 1.807) is 0 Å². The maximum absolute atomic E-state index is 8.77. The summed E-state index contributed by atoms with van der Waals surface area (Å²) in [7, 11) is 1.97. The molecule has 0 saturated carbocycles. The topological polar surface area (TPSA) is 41.9 Å². The van der Waals surface area contributed by atoms with Crippen LogP contribution in [0.2, 0.25) is 0 Å². The highest BCUT2D eigenvalue weighted by molar-refractivity contribution is 5.31. The Morgan fingerprint density at radius 1 is 1.00 bits per heavy atom. The molecule has 120 valence electrons. The molecule has 0 unspecified atom stereocenters. The smallest absolute Gasteiger partial charge is 0.119 e. The number of ether oxygens (including phenoxy) is 2. The summed E-state index contributed by atoms with van der Waals surface area (Å²) >= 11 is 0. The zero-order chi connectivity index (χ0) is 15.7. The van der Waals surface area contributed by atoms with Gasteiger partial charge in [0.05, 0.1) is 19.8 Å². The van der Waals surface area contributed by atoms with Crippen LogP contribution in [0, 0.1) is 0 Å². The standard InChI is InChI=1S/C17H29NO3/c1-17(2,3)15-5-7-16(8-6-15)21-14-13-20-12-10-18(4)9-11-19/h5-8,19H,9-14H2,1-4H3. The first-order valence-electron chi connectivity index (χ1n) is 7.54. The number of likely N-dealkylation sites (N-methyl/N-ethyl adjacent to an activating group) is 1. The predicted octanol–water partition coefficient (Wildman–Crippen LogP) is 2.30. The van der Waals surface area contributed by atoms with E-state index in [4.69, 9.17) is 14.6 Å². The molecule has 1 aromatic carbocycles. The summed E-state index contributed by atoms with van der Waals surface area (Å²) in [6, 6.07) is 8.24. The third-order valence-corrected chi connectivity index (χ3v) is 3.32. The Balaban J connectivity index is 2.16. The van der Waals surface area contributed by atoms with Gasteiger partial charge in [-0.3, -0.25) is 0 Å². The lowest BCUT2D eigenvalue weighted by Crippen LogP contribution is -2.26. The van der Waals surface area contributed by atoms with E-state index in [9.17, 15) is 0 Å². The fraction of sp³-hybridized carbons (Fsp3) is 0.647. The fourth-order valence-corrected chi connectivity index (χ4v) is 1.87. The number of aliphatic hydroxyl groups is 1. The van der Waals surface area contributed by atoms with Gasteiger partial charge in [0.1, 0.15) is 12.4 Å². The average Bonchev–Trinajstić information content (AvgIpc) is 2.42. The molecule has 0 fully saturated rings. The molecule has 0 spiro atoms. The minimum atomic E-state index is 0.169. The van der Waals surface area contributed by atoms with Crippen LogP contribution in [0.25, 0.3) is 0 Å². The van der Waals surface area contributed by atoms with Gasteiger partial charge < -0.3 is 19.5 Å². The molecule has 0 aromatic heterocycles. The maximum Gasteiger partial charge on any atom is 0.119 e. The van der Waals surface area contributed by atoms with Crippen LogP contribution in [-0.4, -0.2) is 56.6 Å². The van der Waals surface area contributed by atoms with Crippen molar-refractivity contribution in [1.29, 1.82) is 0 Å². The second-order valence-corrected chi connectivity index (χ2v) is 6.26. The Morgan fingerprint density at radius 2 is 1.67 bits per heavy atom. The van der Waals surface area contributed by atoms with E-state index < -0.39 is 0 Å². The van der Waals surface area contributed by atoms with E-state index in [2.05, 4.69) is 32.9 Å². The van der Waals surface area contributed by atoms with E-state index in [1.807, 2.05) is 24.1 Å². The lowest BCUT2D eigenvalue weighted by Gasteiger charge is -2.19. The van der Waals surface area contributed by atoms with Crippen LogP contribution in [0.1, 0.15) is 26.3 Å². The van der Waals surface area contributed by atoms with Gasteiger partial charge in [0.2, 0.25) is 0 Å². The molecule has 0 bridgehead atoms. The number of hydrogen-bond acceptors (Lipinski definition) is 4. The first-order valence-corrected chi connectivity index (χ1v) is 7.54. The Labute approximate surface area is 128 Å². The van der Waals surface area contributed by atoms with Crippen LogP contribution in [0.3, 0.4) is 0 Å².